The van der Waals surface area contributed by atoms with Crippen molar-refractivity contribution >= 4 is 33.4 Å². The fraction of sp³-hybridized carbons (Fsp3) is 0.435. The Morgan fingerprint density at radius 3 is 2.23 bits per heavy atom. The topological polar surface area (TPSA) is 89.7 Å². The third kappa shape index (κ3) is 3.60. The molecule has 2 N–H and O–H groups in total. The Kier molecular flexibility index (Phi) is 5.82. The van der Waals surface area contributed by atoms with Crippen LogP contribution < -0.4 is 10.5 Å². The summed E-state index contributed by atoms with van der Waals surface area (Å²) in [6.45, 7) is 2.53. The molecule has 1 aromatic carbocycles. The lowest BCUT2D eigenvalue weighted by atomic mass is 9.70. The van der Waals surface area contributed by atoms with Crippen LogP contribution in [0.1, 0.15) is 56.9 Å². The number of nitrogens with zero attached hydrogens (tertiary/aromatic N) is 1. The van der Waals surface area contributed by atoms with Crippen molar-refractivity contribution in [2.75, 3.05) is 13.2 Å². The Bertz CT molecular complexity index is 951. The van der Waals surface area contributed by atoms with Gasteiger partial charge in [0.05, 0.1) is 0 Å². The number of nitrogens with two attached hydrogens (primary N) is 1. The van der Waals surface area contributed by atoms with E-state index in [1.54, 1.807) is 6.07 Å². The first kappa shape index (κ1) is 20.8. The van der Waals surface area contributed by atoms with E-state index < -0.39 is 11.8 Å². The Morgan fingerprint density at radius 2 is 1.70 bits per heavy atom. The summed E-state index contributed by atoms with van der Waals surface area (Å²) in [5.41, 5.74) is 9.50. The molecule has 1 heterocycles. The highest BCUT2D eigenvalue weighted by atomic mass is 79.9. The van der Waals surface area contributed by atoms with Crippen LogP contribution in [0.25, 0.3) is 0 Å². The number of primary amides is 1. The minimum absolute atomic E-state index is 0.0884. The first-order valence-electron chi connectivity index (χ1n) is 10.4. The van der Waals surface area contributed by atoms with Gasteiger partial charge in [0.15, 0.2) is 18.2 Å². The van der Waals surface area contributed by atoms with Gasteiger partial charge in [0.1, 0.15) is 5.75 Å². The van der Waals surface area contributed by atoms with Crippen molar-refractivity contribution < 1.29 is 19.1 Å². The maximum atomic E-state index is 13.2. The van der Waals surface area contributed by atoms with Gasteiger partial charge in [-0.1, -0.05) is 15.9 Å². The maximum Gasteiger partial charge on any atom is 0.255 e. The Balaban J connectivity index is 1.95. The van der Waals surface area contributed by atoms with E-state index in [4.69, 9.17) is 10.5 Å². The second kappa shape index (κ2) is 8.38. The predicted octanol–water partition coefficient (Wildman–Crippen LogP) is 3.75. The molecule has 1 amide bonds. The average molecular weight is 473 g/mol. The van der Waals surface area contributed by atoms with Crippen LogP contribution in [0.5, 0.6) is 5.75 Å². The summed E-state index contributed by atoms with van der Waals surface area (Å²) in [5.74, 6) is -0.399. The molecule has 158 valence electrons. The molecule has 0 spiro atoms. The van der Waals surface area contributed by atoms with Gasteiger partial charge < -0.3 is 15.4 Å². The van der Waals surface area contributed by atoms with E-state index >= 15 is 0 Å². The van der Waals surface area contributed by atoms with E-state index in [0.717, 1.165) is 53.7 Å². The number of rotatable bonds is 5. The number of Topliss-reactive ketones (excluding diaryl/α,β-unsaturated/α-hetero) is 2. The Morgan fingerprint density at radius 1 is 1.10 bits per heavy atom. The summed E-state index contributed by atoms with van der Waals surface area (Å²) in [4.78, 5) is 39.9. The highest BCUT2D eigenvalue weighted by Gasteiger charge is 2.43. The van der Waals surface area contributed by atoms with E-state index in [9.17, 15) is 14.4 Å². The summed E-state index contributed by atoms with van der Waals surface area (Å²) in [7, 11) is 0. The molecule has 0 aromatic heterocycles. The molecule has 0 saturated heterocycles. The maximum absolute atomic E-state index is 13.2. The lowest BCUT2D eigenvalue weighted by Crippen LogP contribution is -2.39. The molecular formula is C23H25BrN2O4. The summed E-state index contributed by atoms with van der Waals surface area (Å²) in [6.07, 6.45) is 4.25. The number of ether oxygens (including phenoxy) is 1. The van der Waals surface area contributed by atoms with Gasteiger partial charge in [0, 0.05) is 57.9 Å². The second-order valence-electron chi connectivity index (χ2n) is 7.89. The van der Waals surface area contributed by atoms with Crippen LogP contribution >= 0.6 is 15.9 Å². The predicted molar refractivity (Wildman–Crippen MR) is 116 cm³/mol. The van der Waals surface area contributed by atoms with Gasteiger partial charge in [0.2, 0.25) is 0 Å². The molecule has 2 aliphatic carbocycles. The van der Waals surface area contributed by atoms with Crippen LogP contribution in [0.4, 0.5) is 0 Å². The zero-order valence-corrected chi connectivity index (χ0v) is 18.6. The molecular weight excluding hydrogens is 448 g/mol. The normalized spacial score (nSPS) is 19.7. The monoisotopic (exact) mass is 472 g/mol. The molecule has 0 fully saturated rings. The number of hydrogen-bond donors (Lipinski definition) is 1. The fourth-order valence-corrected chi connectivity index (χ4v) is 5.31. The van der Waals surface area contributed by atoms with Crippen molar-refractivity contribution in [2.45, 2.75) is 51.4 Å². The standard InChI is InChI=1S/C23H25BrN2O4/c1-2-26-15-5-3-7-17(27)22(15)21(23-16(26)6-4-8-18(23)28)14-11-13(24)9-10-19(14)30-12-20(25)29/h9-11,21H,2-8,12H2,1H3,(H2,25,29). The Hall–Kier alpha value is -2.41. The molecule has 3 aliphatic rings. The van der Waals surface area contributed by atoms with Crippen LogP contribution in [0, 0.1) is 0 Å². The number of halogens is 1. The molecule has 1 aromatic rings. The molecule has 0 atom stereocenters. The molecule has 0 saturated carbocycles. The van der Waals surface area contributed by atoms with E-state index in [-0.39, 0.29) is 18.2 Å². The first-order valence-corrected chi connectivity index (χ1v) is 11.2. The van der Waals surface area contributed by atoms with Crippen LogP contribution in [-0.2, 0) is 14.4 Å². The number of allylic oxidation sites excluding steroid dienone is 4. The first-order chi connectivity index (χ1) is 14.4. The average Bonchev–Trinajstić information content (AvgIpc) is 2.71. The molecule has 7 heteroatoms. The summed E-state index contributed by atoms with van der Waals surface area (Å²) in [6, 6.07) is 5.47. The lowest BCUT2D eigenvalue weighted by molar-refractivity contribution is -0.120. The number of ketones is 2. The van der Waals surface area contributed by atoms with Gasteiger partial charge >= 0.3 is 0 Å². The van der Waals surface area contributed by atoms with Crippen LogP contribution in [0.2, 0.25) is 0 Å². The SMILES string of the molecule is CCN1C2=C(C(=O)CCC2)C(c2cc(Br)ccc2OCC(N)=O)C2=C1CCCC2=O. The zero-order chi connectivity index (χ0) is 21.4. The molecule has 0 unspecified atom stereocenters. The molecule has 1 aliphatic heterocycles. The quantitative estimate of drug-likeness (QED) is 0.704. The van der Waals surface area contributed by atoms with Crippen molar-refractivity contribution in [3.63, 3.8) is 0 Å². The van der Waals surface area contributed by atoms with Gasteiger partial charge in [-0.3, -0.25) is 14.4 Å². The number of benzene rings is 1. The fourth-order valence-electron chi connectivity index (χ4n) is 4.93. The molecule has 6 nitrogen and oxygen atoms in total. The number of carbonyl (C=O) groups excluding carboxylic acids is 3. The van der Waals surface area contributed by atoms with Crippen molar-refractivity contribution in [1.29, 1.82) is 0 Å². The van der Waals surface area contributed by atoms with Crippen molar-refractivity contribution in [3.8, 4) is 5.75 Å². The summed E-state index contributed by atoms with van der Waals surface area (Å²) < 4.78 is 6.53. The zero-order valence-electron chi connectivity index (χ0n) is 17.0. The van der Waals surface area contributed by atoms with E-state index in [1.165, 1.54) is 0 Å². The van der Waals surface area contributed by atoms with E-state index in [2.05, 4.69) is 27.8 Å². The van der Waals surface area contributed by atoms with E-state index in [0.29, 0.717) is 29.7 Å². The van der Waals surface area contributed by atoms with Crippen molar-refractivity contribution in [3.05, 3.63) is 50.8 Å². The minimum Gasteiger partial charge on any atom is -0.483 e. The molecule has 0 bridgehead atoms. The third-order valence-electron chi connectivity index (χ3n) is 6.06. The summed E-state index contributed by atoms with van der Waals surface area (Å²) >= 11 is 3.52. The van der Waals surface area contributed by atoms with Gasteiger partial charge in [-0.05, 0) is 50.8 Å². The Labute approximate surface area is 184 Å². The highest BCUT2D eigenvalue weighted by Crippen LogP contribution is 2.51. The van der Waals surface area contributed by atoms with Gasteiger partial charge in [-0.15, -0.1) is 0 Å². The number of hydrogen-bond acceptors (Lipinski definition) is 5. The number of amides is 1. The van der Waals surface area contributed by atoms with Crippen LogP contribution in [0.3, 0.4) is 0 Å². The molecule has 30 heavy (non-hydrogen) atoms. The second-order valence-corrected chi connectivity index (χ2v) is 8.80. The number of carbonyl (C=O) groups is 3. The van der Waals surface area contributed by atoms with Crippen molar-refractivity contribution in [1.82, 2.24) is 4.90 Å². The van der Waals surface area contributed by atoms with Gasteiger partial charge in [0.25, 0.3) is 5.91 Å². The lowest BCUT2D eigenvalue weighted by Gasteiger charge is -2.43. The highest BCUT2D eigenvalue weighted by molar-refractivity contribution is 9.10. The smallest absolute Gasteiger partial charge is 0.255 e. The minimum atomic E-state index is -0.577. The van der Waals surface area contributed by atoms with Crippen LogP contribution in [0.15, 0.2) is 45.2 Å². The van der Waals surface area contributed by atoms with E-state index in [1.807, 2.05) is 12.1 Å². The largest absolute Gasteiger partial charge is 0.483 e. The summed E-state index contributed by atoms with van der Waals surface area (Å²) in [5, 5.41) is 0. The third-order valence-corrected chi connectivity index (χ3v) is 6.55. The van der Waals surface area contributed by atoms with Crippen molar-refractivity contribution in [2.24, 2.45) is 5.73 Å². The van der Waals surface area contributed by atoms with Gasteiger partial charge in [-0.25, -0.2) is 0 Å². The van der Waals surface area contributed by atoms with Crippen LogP contribution in [-0.4, -0.2) is 35.5 Å². The van der Waals surface area contributed by atoms with Gasteiger partial charge in [-0.2, -0.15) is 0 Å². The molecule has 0 radical (unpaired) electrons. The molecule has 4 rings (SSSR count).